The van der Waals surface area contributed by atoms with Gasteiger partial charge in [-0.25, -0.2) is 0 Å². The number of fused-ring (bicyclic) bond motifs is 6. The van der Waals surface area contributed by atoms with Crippen LogP contribution in [0.25, 0.3) is 10.9 Å². The van der Waals surface area contributed by atoms with Gasteiger partial charge in [-0.05, 0) is 57.1 Å². The summed E-state index contributed by atoms with van der Waals surface area (Å²) in [5.41, 5.74) is 1.66. The number of rotatable bonds is 1. The Morgan fingerprint density at radius 3 is 2.70 bits per heavy atom. The van der Waals surface area contributed by atoms with Crippen molar-refractivity contribution in [2.45, 2.75) is 106 Å². The average molecular weight is 452 g/mol. The number of benzene rings is 1. The molecule has 6 aliphatic rings. The molecule has 4 heterocycles. The standard InChI is InChI=1S/C27H33NO5/c1-23(2,30)21-19(29)22-26(33-22)17(31-21)9-10-24(3)25(4)13(12-18-27(24,26)32-18)11-15-14-7-5-6-8-16(14)28-20(15)25/h5-8,13,17-19,21-22,28-30H,9-12H2,1-4H3/t13-,17-,18-,19+,21+,22+,24-,25-,26-,27-/m0/s1. The number of aliphatic hydroxyl groups excluding tert-OH is 1. The summed E-state index contributed by atoms with van der Waals surface area (Å²) in [6.07, 6.45) is 2.04. The van der Waals surface area contributed by atoms with Crippen LogP contribution in [0.5, 0.6) is 0 Å². The first-order valence-corrected chi connectivity index (χ1v) is 12.6. The van der Waals surface area contributed by atoms with Crippen molar-refractivity contribution in [3.63, 3.8) is 0 Å². The highest BCUT2D eigenvalue weighted by Gasteiger charge is 2.95. The molecule has 0 bridgehead atoms. The average Bonchev–Trinajstić information content (AvgIpc) is 3.62. The quantitative estimate of drug-likeness (QED) is 0.580. The predicted molar refractivity (Wildman–Crippen MR) is 121 cm³/mol. The van der Waals surface area contributed by atoms with Crippen molar-refractivity contribution < 1.29 is 24.4 Å². The van der Waals surface area contributed by atoms with Gasteiger partial charge in [0.2, 0.25) is 0 Å². The van der Waals surface area contributed by atoms with E-state index in [0.29, 0.717) is 5.92 Å². The number of aliphatic hydroxyl groups is 2. The molecule has 3 N–H and O–H groups in total. The van der Waals surface area contributed by atoms with Gasteiger partial charge in [0.25, 0.3) is 0 Å². The normalized spacial score (nSPS) is 53.4. The maximum absolute atomic E-state index is 11.2. The molecule has 3 saturated heterocycles. The third-order valence-electron chi connectivity index (χ3n) is 11.1. The highest BCUT2D eigenvalue weighted by atomic mass is 16.7. The SMILES string of the molecule is CC(C)(O)[C@@H]1O[C@H]2CC[C@]3(C)[C@]4(O[C@H]4C[C@@H]4Cc5c([nH]c6ccccc56)[C@]43C)[C@]23O[C@@H]3[C@@H]1O. The molecule has 3 aliphatic heterocycles. The lowest BCUT2D eigenvalue weighted by Gasteiger charge is -2.60. The van der Waals surface area contributed by atoms with Crippen molar-refractivity contribution in [3.8, 4) is 0 Å². The first kappa shape index (κ1) is 19.8. The Bertz CT molecular complexity index is 1220. The molecule has 6 heteroatoms. The van der Waals surface area contributed by atoms with Crippen LogP contribution in [0.1, 0.15) is 58.2 Å². The zero-order valence-corrected chi connectivity index (χ0v) is 19.7. The number of epoxide rings is 2. The molecule has 2 aromatic rings. The molecule has 2 saturated carbocycles. The third kappa shape index (κ3) is 1.83. The number of nitrogens with one attached hydrogen (secondary N) is 1. The van der Waals surface area contributed by atoms with Crippen LogP contribution in [0.2, 0.25) is 0 Å². The molecule has 176 valence electrons. The first-order valence-electron chi connectivity index (χ1n) is 12.6. The number of hydrogen-bond donors (Lipinski definition) is 3. The topological polar surface area (TPSA) is 90.5 Å². The van der Waals surface area contributed by atoms with E-state index in [4.69, 9.17) is 14.2 Å². The van der Waals surface area contributed by atoms with E-state index in [9.17, 15) is 10.2 Å². The van der Waals surface area contributed by atoms with E-state index in [1.54, 1.807) is 13.8 Å². The maximum atomic E-state index is 11.2. The summed E-state index contributed by atoms with van der Waals surface area (Å²) in [4.78, 5) is 3.83. The molecule has 10 atom stereocenters. The van der Waals surface area contributed by atoms with Crippen LogP contribution in [-0.4, -0.2) is 62.5 Å². The Labute approximate surface area is 193 Å². The fourth-order valence-corrected chi connectivity index (χ4v) is 9.41. The van der Waals surface area contributed by atoms with Gasteiger partial charge >= 0.3 is 0 Å². The maximum Gasteiger partial charge on any atom is 0.155 e. The molecule has 0 amide bonds. The van der Waals surface area contributed by atoms with E-state index in [1.807, 2.05) is 0 Å². The Morgan fingerprint density at radius 2 is 1.91 bits per heavy atom. The molecule has 8 rings (SSSR count). The zero-order valence-electron chi connectivity index (χ0n) is 19.7. The van der Waals surface area contributed by atoms with Crippen LogP contribution >= 0.6 is 0 Å². The number of ether oxygens (including phenoxy) is 3. The monoisotopic (exact) mass is 451 g/mol. The minimum absolute atomic E-state index is 0.0668. The fourth-order valence-electron chi connectivity index (χ4n) is 9.41. The summed E-state index contributed by atoms with van der Waals surface area (Å²) >= 11 is 0. The van der Waals surface area contributed by atoms with Crippen LogP contribution in [0, 0.1) is 11.3 Å². The summed E-state index contributed by atoms with van der Waals surface area (Å²) in [5.74, 6) is 0.526. The smallest absolute Gasteiger partial charge is 0.155 e. The Hall–Kier alpha value is -1.44. The minimum Gasteiger partial charge on any atom is -0.388 e. The first-order chi connectivity index (χ1) is 15.6. The van der Waals surface area contributed by atoms with Crippen molar-refractivity contribution >= 4 is 10.9 Å². The van der Waals surface area contributed by atoms with Crippen molar-refractivity contribution in [2.75, 3.05) is 0 Å². The number of H-pyrrole nitrogens is 1. The summed E-state index contributed by atoms with van der Waals surface area (Å²) in [5, 5.41) is 23.2. The number of para-hydroxylation sites is 1. The lowest BCUT2D eigenvalue weighted by molar-refractivity contribution is -0.224. The Morgan fingerprint density at radius 1 is 1.12 bits per heavy atom. The van der Waals surface area contributed by atoms with Crippen molar-refractivity contribution in [3.05, 3.63) is 35.5 Å². The van der Waals surface area contributed by atoms with Gasteiger partial charge in [-0.2, -0.15) is 0 Å². The van der Waals surface area contributed by atoms with E-state index in [-0.39, 0.29) is 29.1 Å². The summed E-state index contributed by atoms with van der Waals surface area (Å²) in [6, 6.07) is 8.67. The van der Waals surface area contributed by atoms with Gasteiger partial charge in [-0.1, -0.05) is 32.0 Å². The molecule has 0 unspecified atom stereocenters. The molecule has 0 radical (unpaired) electrons. The van der Waals surface area contributed by atoms with Crippen LogP contribution in [-0.2, 0) is 26.0 Å². The summed E-state index contributed by atoms with van der Waals surface area (Å²) in [6.45, 7) is 8.28. The van der Waals surface area contributed by atoms with E-state index in [1.165, 1.54) is 22.2 Å². The number of hydrogen-bond acceptors (Lipinski definition) is 5. The van der Waals surface area contributed by atoms with E-state index in [0.717, 1.165) is 25.7 Å². The van der Waals surface area contributed by atoms with E-state index < -0.39 is 29.0 Å². The van der Waals surface area contributed by atoms with Gasteiger partial charge in [0.1, 0.15) is 23.9 Å². The van der Waals surface area contributed by atoms with Crippen LogP contribution in [0.15, 0.2) is 24.3 Å². The molecular formula is C27H33NO5. The van der Waals surface area contributed by atoms with Crippen molar-refractivity contribution in [2.24, 2.45) is 11.3 Å². The molecular weight excluding hydrogens is 418 g/mol. The van der Waals surface area contributed by atoms with Crippen molar-refractivity contribution in [1.29, 1.82) is 0 Å². The van der Waals surface area contributed by atoms with Gasteiger partial charge in [0, 0.05) is 27.4 Å². The van der Waals surface area contributed by atoms with E-state index in [2.05, 4.69) is 43.1 Å². The zero-order chi connectivity index (χ0) is 22.8. The summed E-state index contributed by atoms with van der Waals surface area (Å²) < 4.78 is 19.7. The number of aromatic amines is 1. The molecule has 1 aromatic heterocycles. The second-order valence-corrected chi connectivity index (χ2v) is 12.6. The molecule has 2 spiro atoms. The predicted octanol–water partition coefficient (Wildman–Crippen LogP) is 2.98. The lowest BCUT2D eigenvalue weighted by atomic mass is 9.42. The lowest BCUT2D eigenvalue weighted by Crippen LogP contribution is -2.72. The van der Waals surface area contributed by atoms with Crippen LogP contribution < -0.4 is 0 Å². The second-order valence-electron chi connectivity index (χ2n) is 12.6. The largest absolute Gasteiger partial charge is 0.388 e. The van der Waals surface area contributed by atoms with Gasteiger partial charge in [-0.15, -0.1) is 0 Å². The molecule has 6 nitrogen and oxygen atoms in total. The third-order valence-corrected chi connectivity index (χ3v) is 11.1. The molecule has 1 aromatic carbocycles. The fraction of sp³-hybridized carbons (Fsp3) is 0.704. The van der Waals surface area contributed by atoms with Gasteiger partial charge < -0.3 is 29.4 Å². The summed E-state index contributed by atoms with van der Waals surface area (Å²) in [7, 11) is 0. The second kappa shape index (κ2) is 5.36. The molecule has 3 aliphatic carbocycles. The molecule has 5 fully saturated rings. The Kier molecular flexibility index (Phi) is 3.22. The highest BCUT2D eigenvalue weighted by Crippen LogP contribution is 2.81. The minimum atomic E-state index is -1.13. The van der Waals surface area contributed by atoms with Crippen molar-refractivity contribution in [1.82, 2.24) is 4.98 Å². The molecule has 33 heavy (non-hydrogen) atoms. The van der Waals surface area contributed by atoms with Gasteiger partial charge in [0.15, 0.2) is 5.60 Å². The van der Waals surface area contributed by atoms with Gasteiger partial charge in [0.05, 0.1) is 17.8 Å². The highest BCUT2D eigenvalue weighted by molar-refractivity contribution is 5.86. The van der Waals surface area contributed by atoms with E-state index >= 15 is 0 Å². The van der Waals surface area contributed by atoms with Crippen LogP contribution in [0.4, 0.5) is 0 Å². The van der Waals surface area contributed by atoms with Crippen LogP contribution in [0.3, 0.4) is 0 Å². The number of aromatic nitrogens is 1. The van der Waals surface area contributed by atoms with Gasteiger partial charge in [-0.3, -0.25) is 0 Å². The Balaban J connectivity index is 1.28.